The number of nitrogen functional groups attached to an aromatic ring is 1. The Morgan fingerprint density at radius 2 is 2.05 bits per heavy atom. The van der Waals surface area contributed by atoms with Gasteiger partial charge in [0.2, 0.25) is 0 Å². The van der Waals surface area contributed by atoms with E-state index in [0.29, 0.717) is 26.1 Å². The highest BCUT2D eigenvalue weighted by molar-refractivity contribution is 6.07. The first-order chi connectivity index (χ1) is 10.0. The van der Waals surface area contributed by atoms with Gasteiger partial charge in [0.15, 0.2) is 5.82 Å². The minimum atomic E-state index is -0.897. The van der Waals surface area contributed by atoms with Gasteiger partial charge < -0.3 is 15.8 Å². The highest BCUT2D eigenvalue weighted by Crippen LogP contribution is 2.30. The zero-order chi connectivity index (χ0) is 15.0. The van der Waals surface area contributed by atoms with Crippen LogP contribution in [0.15, 0.2) is 18.2 Å². The van der Waals surface area contributed by atoms with E-state index in [1.807, 2.05) is 0 Å². The predicted octanol–water partition coefficient (Wildman–Crippen LogP) is 1.01. The smallest absolute Gasteiger partial charge is 0.325 e. The van der Waals surface area contributed by atoms with Crippen LogP contribution in [0.2, 0.25) is 0 Å². The molecule has 3 rings (SSSR count). The van der Waals surface area contributed by atoms with Crippen molar-refractivity contribution in [3.63, 3.8) is 0 Å². The molecular weight excluding hydrogens is 277 g/mol. The van der Waals surface area contributed by atoms with Crippen molar-refractivity contribution in [1.29, 1.82) is 0 Å². The van der Waals surface area contributed by atoms with Gasteiger partial charge in [-0.1, -0.05) is 12.1 Å². The number of nitrogens with zero attached hydrogens (tertiary/aromatic N) is 1. The Morgan fingerprint density at radius 3 is 2.76 bits per heavy atom. The van der Waals surface area contributed by atoms with Crippen molar-refractivity contribution in [2.75, 3.05) is 18.9 Å². The fourth-order valence-corrected chi connectivity index (χ4v) is 2.77. The van der Waals surface area contributed by atoms with Gasteiger partial charge in [0.1, 0.15) is 5.54 Å². The van der Waals surface area contributed by atoms with Crippen molar-refractivity contribution >= 4 is 17.6 Å². The number of benzene rings is 1. The predicted molar refractivity (Wildman–Crippen MR) is 72.7 cm³/mol. The zero-order valence-corrected chi connectivity index (χ0v) is 11.4. The number of nitrogens with two attached hydrogens (primary N) is 1. The molecule has 3 N–H and O–H groups in total. The molecular formula is C14H16FN3O3. The van der Waals surface area contributed by atoms with Crippen LogP contribution in [0, 0.1) is 5.82 Å². The fourth-order valence-electron chi connectivity index (χ4n) is 2.77. The summed E-state index contributed by atoms with van der Waals surface area (Å²) < 4.78 is 19.2. The molecule has 21 heavy (non-hydrogen) atoms. The Labute approximate surface area is 121 Å². The van der Waals surface area contributed by atoms with Crippen molar-refractivity contribution in [1.82, 2.24) is 10.2 Å². The van der Waals surface area contributed by atoms with E-state index in [-0.39, 0.29) is 23.7 Å². The van der Waals surface area contributed by atoms with Crippen molar-refractivity contribution in [2.45, 2.75) is 24.9 Å². The standard InChI is InChI=1S/C14H16FN3O3/c15-11-9(2-1-3-10(11)16)8-18-12(19)14(17-13(18)20)4-6-21-7-5-14/h1-3H,4-8,16H2,(H,17,20). The lowest BCUT2D eigenvalue weighted by Crippen LogP contribution is -2.51. The molecule has 7 heteroatoms. The summed E-state index contributed by atoms with van der Waals surface area (Å²) in [6.45, 7) is 0.725. The lowest BCUT2D eigenvalue weighted by atomic mass is 9.90. The molecule has 0 bridgehead atoms. The molecule has 1 spiro atoms. The van der Waals surface area contributed by atoms with Gasteiger partial charge in [-0.3, -0.25) is 9.69 Å². The summed E-state index contributed by atoms with van der Waals surface area (Å²) in [6.07, 6.45) is 0.876. The summed E-state index contributed by atoms with van der Waals surface area (Å²) in [5.41, 5.74) is 4.83. The largest absolute Gasteiger partial charge is 0.396 e. The summed E-state index contributed by atoms with van der Waals surface area (Å²) >= 11 is 0. The Morgan fingerprint density at radius 1 is 1.33 bits per heavy atom. The molecule has 0 aromatic heterocycles. The van der Waals surface area contributed by atoms with Gasteiger partial charge in [0.25, 0.3) is 5.91 Å². The second kappa shape index (κ2) is 5.00. The molecule has 0 aliphatic carbocycles. The molecule has 2 fully saturated rings. The van der Waals surface area contributed by atoms with Crippen molar-refractivity contribution in [3.8, 4) is 0 Å². The molecule has 1 aromatic rings. The number of anilines is 1. The third kappa shape index (κ3) is 2.23. The molecule has 2 aliphatic heterocycles. The Kier molecular flexibility index (Phi) is 3.29. The minimum absolute atomic E-state index is 0.000309. The number of halogens is 1. The number of urea groups is 1. The summed E-state index contributed by atoms with van der Waals surface area (Å²) in [5.74, 6) is -0.913. The van der Waals surface area contributed by atoms with Gasteiger partial charge in [-0.15, -0.1) is 0 Å². The average Bonchev–Trinajstić information content (AvgIpc) is 2.69. The molecule has 0 saturated carbocycles. The van der Waals surface area contributed by atoms with Crippen LogP contribution in [-0.2, 0) is 16.1 Å². The lowest BCUT2D eigenvalue weighted by Gasteiger charge is -2.30. The van der Waals surface area contributed by atoms with Crippen LogP contribution in [0.4, 0.5) is 14.9 Å². The van der Waals surface area contributed by atoms with Crippen LogP contribution in [-0.4, -0.2) is 35.6 Å². The highest BCUT2D eigenvalue weighted by atomic mass is 19.1. The van der Waals surface area contributed by atoms with E-state index in [2.05, 4.69) is 5.32 Å². The number of nitrogens with one attached hydrogen (secondary N) is 1. The molecule has 1 aromatic carbocycles. The maximum atomic E-state index is 13.9. The number of ether oxygens (including phenoxy) is 1. The molecule has 0 unspecified atom stereocenters. The number of amides is 3. The van der Waals surface area contributed by atoms with Crippen LogP contribution in [0.3, 0.4) is 0 Å². The molecule has 0 atom stereocenters. The Bertz CT molecular complexity index is 599. The van der Waals surface area contributed by atoms with Crippen molar-refractivity contribution in [2.24, 2.45) is 0 Å². The Hall–Kier alpha value is -2.15. The van der Waals surface area contributed by atoms with Crippen LogP contribution < -0.4 is 11.1 Å². The van der Waals surface area contributed by atoms with Gasteiger partial charge in [-0.25, -0.2) is 9.18 Å². The van der Waals surface area contributed by atoms with E-state index >= 15 is 0 Å². The molecule has 2 aliphatic rings. The Balaban J connectivity index is 1.84. The van der Waals surface area contributed by atoms with Crippen LogP contribution in [0.1, 0.15) is 18.4 Å². The third-order valence-corrected chi connectivity index (χ3v) is 4.03. The zero-order valence-electron chi connectivity index (χ0n) is 11.4. The SMILES string of the molecule is Nc1cccc(CN2C(=O)NC3(CCOCC3)C2=O)c1F. The minimum Gasteiger partial charge on any atom is -0.396 e. The van der Waals surface area contributed by atoms with E-state index in [4.69, 9.17) is 10.5 Å². The second-order valence-corrected chi connectivity index (χ2v) is 5.34. The lowest BCUT2D eigenvalue weighted by molar-refractivity contribution is -0.134. The summed E-state index contributed by atoms with van der Waals surface area (Å²) in [4.78, 5) is 25.6. The number of hydrogen-bond acceptors (Lipinski definition) is 4. The molecule has 112 valence electrons. The van der Waals surface area contributed by atoms with E-state index < -0.39 is 17.4 Å². The number of carbonyl (C=O) groups is 2. The van der Waals surface area contributed by atoms with Gasteiger partial charge >= 0.3 is 6.03 Å². The van der Waals surface area contributed by atoms with E-state index in [9.17, 15) is 14.0 Å². The average molecular weight is 293 g/mol. The van der Waals surface area contributed by atoms with Crippen molar-refractivity contribution < 1.29 is 18.7 Å². The monoisotopic (exact) mass is 293 g/mol. The topological polar surface area (TPSA) is 84.7 Å². The number of imide groups is 1. The second-order valence-electron chi connectivity index (χ2n) is 5.34. The van der Waals surface area contributed by atoms with Gasteiger partial charge in [0.05, 0.1) is 12.2 Å². The van der Waals surface area contributed by atoms with Gasteiger partial charge in [-0.2, -0.15) is 0 Å². The van der Waals surface area contributed by atoms with Gasteiger partial charge in [0, 0.05) is 31.6 Å². The maximum Gasteiger partial charge on any atom is 0.325 e. The van der Waals surface area contributed by atoms with Crippen LogP contribution in [0.5, 0.6) is 0 Å². The van der Waals surface area contributed by atoms with Crippen molar-refractivity contribution in [3.05, 3.63) is 29.6 Å². The maximum absolute atomic E-state index is 13.9. The van der Waals surface area contributed by atoms with E-state index in [0.717, 1.165) is 4.90 Å². The summed E-state index contributed by atoms with van der Waals surface area (Å²) in [7, 11) is 0. The van der Waals surface area contributed by atoms with Gasteiger partial charge in [-0.05, 0) is 6.07 Å². The first-order valence-electron chi connectivity index (χ1n) is 6.78. The number of hydrogen-bond donors (Lipinski definition) is 2. The normalized spacial score (nSPS) is 20.9. The van der Waals surface area contributed by atoms with E-state index in [1.54, 1.807) is 6.07 Å². The fraction of sp³-hybridized carbons (Fsp3) is 0.429. The van der Waals surface area contributed by atoms with Crippen LogP contribution >= 0.6 is 0 Å². The highest BCUT2D eigenvalue weighted by Gasteiger charge is 2.51. The van der Waals surface area contributed by atoms with Crippen LogP contribution in [0.25, 0.3) is 0 Å². The molecule has 0 radical (unpaired) electrons. The molecule has 2 saturated heterocycles. The molecule has 2 heterocycles. The molecule has 6 nitrogen and oxygen atoms in total. The summed E-state index contributed by atoms with van der Waals surface area (Å²) in [5, 5.41) is 2.73. The quantitative estimate of drug-likeness (QED) is 0.629. The first kappa shape index (κ1) is 13.8. The number of carbonyl (C=O) groups excluding carboxylic acids is 2. The third-order valence-electron chi connectivity index (χ3n) is 4.03. The number of rotatable bonds is 2. The summed E-state index contributed by atoms with van der Waals surface area (Å²) in [6, 6.07) is 4.05. The molecule has 3 amide bonds. The van der Waals surface area contributed by atoms with E-state index in [1.165, 1.54) is 12.1 Å². The first-order valence-corrected chi connectivity index (χ1v) is 6.78.